The predicted octanol–water partition coefficient (Wildman–Crippen LogP) is 3.02. The summed E-state index contributed by atoms with van der Waals surface area (Å²) in [5.74, 6) is 0.562. The van der Waals surface area contributed by atoms with Crippen LogP contribution in [0, 0.1) is 6.92 Å². The Kier molecular flexibility index (Phi) is 4.73. The van der Waals surface area contributed by atoms with Crippen LogP contribution in [0.5, 0.6) is 0 Å². The lowest BCUT2D eigenvalue weighted by atomic mass is 10.1. The van der Waals surface area contributed by atoms with Crippen molar-refractivity contribution >= 4 is 5.91 Å². The van der Waals surface area contributed by atoms with Gasteiger partial charge in [-0.2, -0.15) is 0 Å². The normalized spacial score (nSPS) is 14.4. The van der Waals surface area contributed by atoms with Crippen molar-refractivity contribution in [2.24, 2.45) is 0 Å². The monoisotopic (exact) mass is 238 g/mol. The summed E-state index contributed by atoms with van der Waals surface area (Å²) in [7, 11) is 0. The summed E-state index contributed by atoms with van der Waals surface area (Å²) < 4.78 is 5.10. The molecule has 0 aromatic carbocycles. The van der Waals surface area contributed by atoms with Crippen LogP contribution in [0.3, 0.4) is 0 Å². The molecule has 1 heterocycles. The van der Waals surface area contributed by atoms with E-state index in [1.54, 1.807) is 6.92 Å². The van der Waals surface area contributed by atoms with Crippen molar-refractivity contribution in [3.8, 4) is 0 Å². The number of rotatable bonds is 5. The van der Waals surface area contributed by atoms with Gasteiger partial charge in [0, 0.05) is 12.1 Å². The molecule has 1 aromatic heterocycles. The molecule has 0 aliphatic carbocycles. The predicted molar refractivity (Wildman–Crippen MR) is 66.9 cm³/mol. The molecule has 0 unspecified atom stereocenters. The molecule has 4 nitrogen and oxygen atoms in total. The summed E-state index contributed by atoms with van der Waals surface area (Å²) in [6, 6.07) is 0.432. The lowest BCUT2D eigenvalue weighted by molar-refractivity contribution is 0.0591. The third-order valence-corrected chi connectivity index (χ3v) is 3.31. The molecule has 0 saturated heterocycles. The van der Waals surface area contributed by atoms with Crippen LogP contribution >= 0.6 is 0 Å². The van der Waals surface area contributed by atoms with Crippen molar-refractivity contribution in [1.29, 1.82) is 0 Å². The molecule has 1 amide bonds. The minimum Gasteiger partial charge on any atom is -0.448 e. The van der Waals surface area contributed by atoms with E-state index >= 15 is 0 Å². The number of carbonyl (C=O) groups excluding carboxylic acids is 1. The van der Waals surface area contributed by atoms with Gasteiger partial charge in [0.25, 0.3) is 5.91 Å². The van der Waals surface area contributed by atoms with Gasteiger partial charge in [0.05, 0.1) is 0 Å². The third-order valence-electron chi connectivity index (χ3n) is 3.31. The van der Waals surface area contributed by atoms with Crippen molar-refractivity contribution in [3.05, 3.63) is 17.8 Å². The SMILES string of the molecule is CC[C@H](C)N(C(=O)c1ncoc1C)[C@@H](C)CC. The van der Waals surface area contributed by atoms with Crippen molar-refractivity contribution in [2.45, 2.75) is 59.5 Å². The second kappa shape index (κ2) is 5.84. The number of aryl methyl sites for hydroxylation is 1. The van der Waals surface area contributed by atoms with Crippen molar-refractivity contribution in [3.63, 3.8) is 0 Å². The molecule has 0 aliphatic heterocycles. The summed E-state index contributed by atoms with van der Waals surface area (Å²) in [6.07, 6.45) is 3.20. The highest BCUT2D eigenvalue weighted by Crippen LogP contribution is 2.17. The van der Waals surface area contributed by atoms with E-state index in [2.05, 4.69) is 32.7 Å². The van der Waals surface area contributed by atoms with Gasteiger partial charge in [-0.3, -0.25) is 4.79 Å². The molecule has 0 radical (unpaired) electrons. The average Bonchev–Trinajstić information content (AvgIpc) is 2.74. The topological polar surface area (TPSA) is 46.3 Å². The molecule has 96 valence electrons. The quantitative estimate of drug-likeness (QED) is 0.792. The molecule has 2 atom stereocenters. The first-order chi connectivity index (χ1) is 8.02. The number of hydrogen-bond donors (Lipinski definition) is 0. The minimum atomic E-state index is -0.0278. The Morgan fingerprint density at radius 3 is 2.24 bits per heavy atom. The van der Waals surface area contributed by atoms with Gasteiger partial charge in [0.2, 0.25) is 0 Å². The van der Waals surface area contributed by atoms with Crippen LogP contribution in [0.1, 0.15) is 56.8 Å². The maximum absolute atomic E-state index is 12.4. The van der Waals surface area contributed by atoms with Crippen LogP contribution < -0.4 is 0 Å². The molecule has 0 fully saturated rings. The second-order valence-electron chi connectivity index (χ2n) is 4.48. The number of oxazole rings is 1. The molecule has 0 spiro atoms. The first-order valence-corrected chi connectivity index (χ1v) is 6.25. The van der Waals surface area contributed by atoms with E-state index in [-0.39, 0.29) is 18.0 Å². The van der Waals surface area contributed by atoms with Crippen molar-refractivity contribution < 1.29 is 9.21 Å². The van der Waals surface area contributed by atoms with Gasteiger partial charge in [-0.05, 0) is 33.6 Å². The van der Waals surface area contributed by atoms with Crippen LogP contribution in [-0.4, -0.2) is 27.9 Å². The molecule has 0 aliphatic rings. The fraction of sp³-hybridized carbons (Fsp3) is 0.692. The number of nitrogens with zero attached hydrogens (tertiary/aromatic N) is 2. The van der Waals surface area contributed by atoms with Gasteiger partial charge in [-0.15, -0.1) is 0 Å². The van der Waals surface area contributed by atoms with Crippen LogP contribution in [0.25, 0.3) is 0 Å². The first kappa shape index (κ1) is 13.7. The summed E-state index contributed by atoms with van der Waals surface area (Å²) in [5, 5.41) is 0. The van der Waals surface area contributed by atoms with Gasteiger partial charge in [0.15, 0.2) is 12.1 Å². The first-order valence-electron chi connectivity index (χ1n) is 6.25. The highest BCUT2D eigenvalue weighted by Gasteiger charge is 2.27. The minimum absolute atomic E-state index is 0.0278. The molecule has 17 heavy (non-hydrogen) atoms. The maximum Gasteiger partial charge on any atom is 0.276 e. The molecular formula is C13H22N2O2. The fourth-order valence-electron chi connectivity index (χ4n) is 1.86. The summed E-state index contributed by atoms with van der Waals surface area (Å²) >= 11 is 0. The highest BCUT2D eigenvalue weighted by molar-refractivity contribution is 5.93. The van der Waals surface area contributed by atoms with Gasteiger partial charge in [-0.25, -0.2) is 4.98 Å². The Labute approximate surface area is 103 Å². The van der Waals surface area contributed by atoms with Crippen LogP contribution in [0.2, 0.25) is 0 Å². The largest absolute Gasteiger partial charge is 0.448 e. The molecule has 0 N–H and O–H groups in total. The molecule has 4 heteroatoms. The number of aromatic nitrogens is 1. The van der Waals surface area contributed by atoms with Crippen molar-refractivity contribution in [2.75, 3.05) is 0 Å². The van der Waals surface area contributed by atoms with E-state index in [0.717, 1.165) is 12.8 Å². The van der Waals surface area contributed by atoms with Crippen LogP contribution in [-0.2, 0) is 0 Å². The Morgan fingerprint density at radius 1 is 1.35 bits per heavy atom. The summed E-state index contributed by atoms with van der Waals surface area (Å²) in [4.78, 5) is 18.4. The van der Waals surface area contributed by atoms with Gasteiger partial charge in [-0.1, -0.05) is 13.8 Å². The third kappa shape index (κ3) is 2.87. The second-order valence-corrected chi connectivity index (χ2v) is 4.48. The van der Waals surface area contributed by atoms with Crippen LogP contribution in [0.15, 0.2) is 10.8 Å². The smallest absolute Gasteiger partial charge is 0.276 e. The van der Waals surface area contributed by atoms with E-state index in [9.17, 15) is 4.79 Å². The van der Waals surface area contributed by atoms with Gasteiger partial charge < -0.3 is 9.32 Å². The Hall–Kier alpha value is -1.32. The Morgan fingerprint density at radius 2 is 1.88 bits per heavy atom. The van der Waals surface area contributed by atoms with Gasteiger partial charge >= 0.3 is 0 Å². The standard InChI is InChI=1S/C13H22N2O2/c1-6-9(3)15(10(4)7-2)13(16)12-11(5)17-8-14-12/h8-10H,6-7H2,1-5H3/t9-,10-/m0/s1. The molecule has 1 rings (SSSR count). The lowest BCUT2D eigenvalue weighted by Crippen LogP contribution is -2.44. The van der Waals surface area contributed by atoms with Crippen molar-refractivity contribution in [1.82, 2.24) is 9.88 Å². The lowest BCUT2D eigenvalue weighted by Gasteiger charge is -2.33. The van der Waals surface area contributed by atoms with E-state index in [1.807, 2.05) is 4.90 Å². The Balaban J connectivity index is 2.99. The summed E-state index contributed by atoms with van der Waals surface area (Å²) in [5.41, 5.74) is 0.436. The summed E-state index contributed by atoms with van der Waals surface area (Å²) in [6.45, 7) is 10.1. The maximum atomic E-state index is 12.4. The fourth-order valence-corrected chi connectivity index (χ4v) is 1.86. The highest BCUT2D eigenvalue weighted by atomic mass is 16.3. The zero-order valence-corrected chi connectivity index (χ0v) is 11.4. The molecule has 0 saturated carbocycles. The molecule has 0 bridgehead atoms. The number of hydrogen-bond acceptors (Lipinski definition) is 3. The Bertz CT molecular complexity index is 363. The van der Waals surface area contributed by atoms with E-state index < -0.39 is 0 Å². The molecular weight excluding hydrogens is 216 g/mol. The zero-order valence-electron chi connectivity index (χ0n) is 11.4. The number of carbonyl (C=O) groups is 1. The molecule has 1 aromatic rings. The van der Waals surface area contributed by atoms with E-state index in [0.29, 0.717) is 11.5 Å². The van der Waals surface area contributed by atoms with Crippen LogP contribution in [0.4, 0.5) is 0 Å². The average molecular weight is 238 g/mol. The van der Waals surface area contributed by atoms with E-state index in [4.69, 9.17) is 4.42 Å². The number of amides is 1. The zero-order chi connectivity index (χ0) is 13.0. The van der Waals surface area contributed by atoms with E-state index in [1.165, 1.54) is 6.39 Å². The van der Waals surface area contributed by atoms with Gasteiger partial charge in [0.1, 0.15) is 5.76 Å².